The number of amides is 1. The molecule has 2 rings (SSSR count). The van der Waals surface area contributed by atoms with E-state index in [2.05, 4.69) is 15.9 Å². The van der Waals surface area contributed by atoms with Crippen molar-refractivity contribution >= 4 is 44.9 Å². The molecule has 18 heavy (non-hydrogen) atoms. The van der Waals surface area contributed by atoms with E-state index in [0.717, 1.165) is 6.07 Å². The van der Waals surface area contributed by atoms with Crippen molar-refractivity contribution in [2.75, 3.05) is 17.3 Å². The molecule has 1 aliphatic heterocycles. The highest BCUT2D eigenvalue weighted by Gasteiger charge is 2.38. The number of halogens is 3. The molecule has 1 unspecified atom stereocenters. The van der Waals surface area contributed by atoms with Crippen LogP contribution in [0.2, 0.25) is 0 Å². The molecular weight excluding hydrogens is 324 g/mol. The highest BCUT2D eigenvalue weighted by Crippen LogP contribution is 2.37. The van der Waals surface area contributed by atoms with E-state index in [0.29, 0.717) is 22.6 Å². The van der Waals surface area contributed by atoms with Gasteiger partial charge in [-0.2, -0.15) is 0 Å². The van der Waals surface area contributed by atoms with Crippen LogP contribution in [0.3, 0.4) is 0 Å². The summed E-state index contributed by atoms with van der Waals surface area (Å²) in [7, 11) is 0. The zero-order chi connectivity index (χ0) is 13.4. The average molecular weight is 335 g/mol. The third-order valence-corrected chi connectivity index (χ3v) is 3.87. The van der Waals surface area contributed by atoms with Gasteiger partial charge in [0.25, 0.3) is 11.7 Å². The fourth-order valence-corrected chi connectivity index (χ4v) is 2.63. The van der Waals surface area contributed by atoms with Gasteiger partial charge in [-0.15, -0.1) is 11.6 Å². The molecule has 0 aliphatic carbocycles. The lowest BCUT2D eigenvalue weighted by Gasteiger charge is -2.20. The summed E-state index contributed by atoms with van der Waals surface area (Å²) in [6.45, 7) is 2.21. The van der Waals surface area contributed by atoms with Crippen molar-refractivity contribution in [3.05, 3.63) is 28.0 Å². The minimum Gasteiger partial charge on any atom is -0.303 e. The van der Waals surface area contributed by atoms with Crippen molar-refractivity contribution in [2.24, 2.45) is 5.92 Å². The number of nitrogens with zero attached hydrogens (tertiary/aromatic N) is 1. The van der Waals surface area contributed by atoms with Crippen molar-refractivity contribution in [2.45, 2.75) is 6.92 Å². The lowest BCUT2D eigenvalue weighted by atomic mass is 10.1. The molecule has 1 amide bonds. The predicted octanol–water partition coefficient (Wildman–Crippen LogP) is 2.99. The van der Waals surface area contributed by atoms with Crippen molar-refractivity contribution < 1.29 is 14.0 Å². The molecule has 1 atom stereocenters. The number of rotatable bonds is 3. The van der Waals surface area contributed by atoms with Gasteiger partial charge in [0.2, 0.25) is 0 Å². The molecule has 0 radical (unpaired) electrons. The predicted molar refractivity (Wildman–Crippen MR) is 70.7 cm³/mol. The molecule has 0 N–H and O–H groups in total. The van der Waals surface area contributed by atoms with Crippen molar-refractivity contribution in [3.63, 3.8) is 0 Å². The zero-order valence-corrected chi connectivity index (χ0v) is 11.9. The summed E-state index contributed by atoms with van der Waals surface area (Å²) >= 11 is 8.90. The molecule has 3 nitrogen and oxygen atoms in total. The standard InChI is InChI=1S/C12H10BrClFNO2/c1-6(4-14)5-16-10-8(11(17)12(16)18)2-7(15)3-9(10)13/h2-3,6H,4-5H2,1H3. The van der Waals surface area contributed by atoms with Crippen LogP contribution in [0.15, 0.2) is 16.6 Å². The second-order valence-electron chi connectivity index (χ2n) is 4.29. The van der Waals surface area contributed by atoms with Crippen LogP contribution < -0.4 is 4.90 Å². The van der Waals surface area contributed by atoms with Gasteiger partial charge in [-0.25, -0.2) is 4.39 Å². The van der Waals surface area contributed by atoms with Gasteiger partial charge in [-0.1, -0.05) is 6.92 Å². The largest absolute Gasteiger partial charge is 0.303 e. The van der Waals surface area contributed by atoms with Gasteiger partial charge >= 0.3 is 0 Å². The SMILES string of the molecule is CC(CCl)CN1C(=O)C(=O)c2cc(F)cc(Br)c21. The Balaban J connectivity index is 2.48. The van der Waals surface area contributed by atoms with Crippen molar-refractivity contribution in [1.82, 2.24) is 0 Å². The summed E-state index contributed by atoms with van der Waals surface area (Å²) < 4.78 is 13.6. The molecule has 96 valence electrons. The fourth-order valence-electron chi connectivity index (χ4n) is 1.89. The molecule has 1 aliphatic rings. The van der Waals surface area contributed by atoms with E-state index in [9.17, 15) is 14.0 Å². The molecule has 0 saturated heterocycles. The van der Waals surface area contributed by atoms with Crippen LogP contribution in [0.25, 0.3) is 0 Å². The molecular formula is C12H10BrClFNO2. The van der Waals surface area contributed by atoms with Crippen LogP contribution in [0.5, 0.6) is 0 Å². The third-order valence-electron chi connectivity index (χ3n) is 2.74. The Morgan fingerprint density at radius 3 is 2.72 bits per heavy atom. The number of carbonyl (C=O) groups is 2. The highest BCUT2D eigenvalue weighted by molar-refractivity contribution is 9.10. The Hall–Kier alpha value is -0.940. The fraction of sp³-hybridized carbons (Fsp3) is 0.333. The molecule has 1 heterocycles. The summed E-state index contributed by atoms with van der Waals surface area (Å²) in [6, 6.07) is 2.33. The van der Waals surface area contributed by atoms with Crippen LogP contribution in [0.1, 0.15) is 17.3 Å². The number of Topliss-reactive ketones (excluding diaryl/α,β-unsaturated/α-hetero) is 1. The van der Waals surface area contributed by atoms with Crippen LogP contribution >= 0.6 is 27.5 Å². The lowest BCUT2D eigenvalue weighted by molar-refractivity contribution is -0.114. The minimum atomic E-state index is -0.674. The Morgan fingerprint density at radius 1 is 1.44 bits per heavy atom. The number of carbonyl (C=O) groups excluding carboxylic acids is 2. The number of fused-ring (bicyclic) bond motifs is 1. The molecule has 1 aromatic rings. The van der Waals surface area contributed by atoms with Gasteiger partial charge in [-0.05, 0) is 34.0 Å². The first-order chi connectivity index (χ1) is 8.45. The van der Waals surface area contributed by atoms with Crippen LogP contribution in [-0.4, -0.2) is 24.1 Å². The summed E-state index contributed by atoms with van der Waals surface area (Å²) in [4.78, 5) is 25.0. The smallest absolute Gasteiger partial charge is 0.299 e. The number of hydrogen-bond acceptors (Lipinski definition) is 2. The lowest BCUT2D eigenvalue weighted by Crippen LogP contribution is -2.34. The van der Waals surface area contributed by atoms with E-state index < -0.39 is 17.5 Å². The number of hydrogen-bond donors (Lipinski definition) is 0. The Kier molecular flexibility index (Phi) is 3.73. The van der Waals surface area contributed by atoms with Gasteiger partial charge in [0, 0.05) is 16.9 Å². The second kappa shape index (κ2) is 4.97. The number of anilines is 1. The Morgan fingerprint density at radius 2 is 2.11 bits per heavy atom. The number of ketones is 1. The Bertz CT molecular complexity index is 535. The first kappa shape index (κ1) is 13.5. The molecule has 6 heteroatoms. The van der Waals surface area contributed by atoms with Crippen molar-refractivity contribution in [3.8, 4) is 0 Å². The molecule has 0 spiro atoms. The molecule has 0 saturated carbocycles. The topological polar surface area (TPSA) is 37.4 Å². The first-order valence-electron chi connectivity index (χ1n) is 5.37. The van der Waals surface area contributed by atoms with Crippen LogP contribution in [0, 0.1) is 11.7 Å². The van der Waals surface area contributed by atoms with E-state index in [4.69, 9.17) is 11.6 Å². The summed E-state index contributed by atoms with van der Waals surface area (Å²) in [5.41, 5.74) is 0.539. The van der Waals surface area contributed by atoms with Crippen LogP contribution in [-0.2, 0) is 4.79 Å². The first-order valence-corrected chi connectivity index (χ1v) is 6.69. The zero-order valence-electron chi connectivity index (χ0n) is 9.54. The summed E-state index contributed by atoms with van der Waals surface area (Å²) in [5, 5.41) is 0. The van der Waals surface area contributed by atoms with Gasteiger partial charge < -0.3 is 4.90 Å². The van der Waals surface area contributed by atoms with Crippen molar-refractivity contribution in [1.29, 1.82) is 0 Å². The third kappa shape index (κ3) is 2.17. The van der Waals surface area contributed by atoms with E-state index in [1.54, 1.807) is 0 Å². The maximum Gasteiger partial charge on any atom is 0.299 e. The average Bonchev–Trinajstić information content (AvgIpc) is 2.54. The quantitative estimate of drug-likeness (QED) is 0.629. The monoisotopic (exact) mass is 333 g/mol. The van der Waals surface area contributed by atoms with Gasteiger partial charge in [0.1, 0.15) is 5.82 Å². The maximum atomic E-state index is 13.2. The number of benzene rings is 1. The number of alkyl halides is 1. The summed E-state index contributed by atoms with van der Waals surface area (Å²) in [5.74, 6) is -1.42. The normalized spacial score (nSPS) is 16.1. The molecule has 0 aromatic heterocycles. The van der Waals surface area contributed by atoms with E-state index >= 15 is 0 Å². The minimum absolute atomic E-state index is 0.0475. The Labute approximate surface area is 117 Å². The van der Waals surface area contributed by atoms with Gasteiger partial charge in [0.15, 0.2) is 0 Å². The maximum absolute atomic E-state index is 13.2. The van der Waals surface area contributed by atoms with Gasteiger partial charge in [-0.3, -0.25) is 9.59 Å². The molecule has 0 bridgehead atoms. The molecule has 1 aromatic carbocycles. The highest BCUT2D eigenvalue weighted by atomic mass is 79.9. The van der Waals surface area contributed by atoms with E-state index in [1.807, 2.05) is 6.92 Å². The second-order valence-corrected chi connectivity index (χ2v) is 5.45. The van der Waals surface area contributed by atoms with Gasteiger partial charge in [0.05, 0.1) is 11.3 Å². The van der Waals surface area contributed by atoms with Crippen LogP contribution in [0.4, 0.5) is 10.1 Å². The summed E-state index contributed by atoms with van der Waals surface area (Å²) in [6.07, 6.45) is 0. The van der Waals surface area contributed by atoms with E-state index in [-0.39, 0.29) is 11.5 Å². The molecule has 0 fully saturated rings. The van der Waals surface area contributed by atoms with E-state index in [1.165, 1.54) is 11.0 Å².